The molecule has 0 saturated carbocycles. The second-order valence-corrected chi connectivity index (χ2v) is 5.45. The molecular formula is C15H20N2. The average molecular weight is 228 g/mol. The number of nitrogens with zero attached hydrogens (tertiary/aromatic N) is 2. The molecule has 0 atom stereocenters. The topological polar surface area (TPSA) is 27.0 Å². The molecule has 0 radical (unpaired) electrons. The van der Waals surface area contributed by atoms with Gasteiger partial charge in [-0.05, 0) is 16.5 Å². The predicted molar refractivity (Wildman–Crippen MR) is 72.4 cm³/mol. The van der Waals surface area contributed by atoms with Gasteiger partial charge in [0.05, 0.1) is 5.57 Å². The van der Waals surface area contributed by atoms with E-state index in [4.69, 9.17) is 5.26 Å². The van der Waals surface area contributed by atoms with Gasteiger partial charge >= 0.3 is 0 Å². The van der Waals surface area contributed by atoms with E-state index in [9.17, 15) is 0 Å². The lowest BCUT2D eigenvalue weighted by atomic mass is 9.86. The van der Waals surface area contributed by atoms with Crippen LogP contribution in [0.3, 0.4) is 0 Å². The van der Waals surface area contributed by atoms with Crippen molar-refractivity contribution in [1.29, 1.82) is 5.26 Å². The smallest absolute Gasteiger partial charge is 0.101 e. The van der Waals surface area contributed by atoms with Crippen LogP contribution in [0.25, 0.3) is 5.57 Å². The summed E-state index contributed by atoms with van der Waals surface area (Å²) in [6.07, 6.45) is 1.84. The summed E-state index contributed by atoms with van der Waals surface area (Å²) in [6, 6.07) is 10.4. The number of hydrogen-bond acceptors (Lipinski definition) is 2. The SMILES string of the molecule is CN(C)/C=C(\C#N)c1ccc(C(C)(C)C)cc1. The maximum atomic E-state index is 9.11. The molecule has 0 spiro atoms. The van der Waals surface area contributed by atoms with E-state index >= 15 is 0 Å². The first-order chi connectivity index (χ1) is 7.84. The summed E-state index contributed by atoms with van der Waals surface area (Å²) in [5, 5.41) is 9.11. The third kappa shape index (κ3) is 3.64. The van der Waals surface area contributed by atoms with Crippen LogP contribution in [0, 0.1) is 11.3 Å². The lowest BCUT2D eigenvalue weighted by Gasteiger charge is -2.19. The first-order valence-corrected chi connectivity index (χ1v) is 5.74. The Balaban J connectivity index is 3.07. The fraction of sp³-hybridized carbons (Fsp3) is 0.400. The Hall–Kier alpha value is -1.75. The van der Waals surface area contributed by atoms with Crippen molar-refractivity contribution in [3.63, 3.8) is 0 Å². The van der Waals surface area contributed by atoms with Gasteiger partial charge in [0.1, 0.15) is 6.07 Å². The van der Waals surface area contributed by atoms with Gasteiger partial charge in [-0.1, -0.05) is 45.0 Å². The second-order valence-electron chi connectivity index (χ2n) is 5.45. The molecule has 0 aliphatic rings. The number of hydrogen-bond donors (Lipinski definition) is 0. The summed E-state index contributed by atoms with van der Waals surface area (Å²) in [4.78, 5) is 1.89. The summed E-state index contributed by atoms with van der Waals surface area (Å²) in [7, 11) is 3.84. The van der Waals surface area contributed by atoms with Crippen LogP contribution in [0.15, 0.2) is 30.5 Å². The van der Waals surface area contributed by atoms with Crippen molar-refractivity contribution in [3.8, 4) is 6.07 Å². The molecule has 0 unspecified atom stereocenters. The van der Waals surface area contributed by atoms with Gasteiger partial charge in [0.2, 0.25) is 0 Å². The van der Waals surface area contributed by atoms with E-state index < -0.39 is 0 Å². The first-order valence-electron chi connectivity index (χ1n) is 5.74. The average Bonchev–Trinajstić information content (AvgIpc) is 2.24. The molecule has 0 fully saturated rings. The summed E-state index contributed by atoms with van der Waals surface area (Å²) >= 11 is 0. The zero-order valence-corrected chi connectivity index (χ0v) is 11.3. The monoisotopic (exact) mass is 228 g/mol. The molecule has 0 amide bonds. The van der Waals surface area contributed by atoms with Crippen LogP contribution in [-0.4, -0.2) is 19.0 Å². The minimum atomic E-state index is 0.149. The van der Waals surface area contributed by atoms with E-state index in [1.165, 1.54) is 5.56 Å². The number of nitriles is 1. The highest BCUT2D eigenvalue weighted by atomic mass is 15.0. The largest absolute Gasteiger partial charge is 0.382 e. The van der Waals surface area contributed by atoms with Gasteiger partial charge < -0.3 is 4.90 Å². The van der Waals surface area contributed by atoms with Crippen molar-refractivity contribution in [3.05, 3.63) is 41.6 Å². The Morgan fingerprint density at radius 1 is 1.18 bits per heavy atom. The molecule has 17 heavy (non-hydrogen) atoms. The standard InChI is InChI=1S/C15H20N2/c1-15(2,3)14-8-6-12(7-9-14)13(10-16)11-17(4)5/h6-9,11H,1-5H3/b13-11+. The quantitative estimate of drug-likeness (QED) is 0.725. The molecule has 0 aliphatic carbocycles. The molecule has 1 aromatic carbocycles. The molecule has 1 aromatic rings. The van der Waals surface area contributed by atoms with Crippen LogP contribution in [0.2, 0.25) is 0 Å². The Labute approximate surface area is 104 Å². The van der Waals surface area contributed by atoms with E-state index in [0.717, 1.165) is 5.56 Å². The molecule has 0 bridgehead atoms. The third-order valence-corrected chi connectivity index (χ3v) is 2.57. The van der Waals surface area contributed by atoms with Crippen molar-refractivity contribution >= 4 is 5.57 Å². The van der Waals surface area contributed by atoms with Crippen LogP contribution in [0.1, 0.15) is 31.9 Å². The zero-order valence-electron chi connectivity index (χ0n) is 11.3. The fourth-order valence-electron chi connectivity index (χ4n) is 1.58. The van der Waals surface area contributed by atoms with E-state index in [2.05, 4.69) is 39.0 Å². The maximum absolute atomic E-state index is 9.11. The summed E-state index contributed by atoms with van der Waals surface area (Å²) in [5.74, 6) is 0. The molecule has 0 heterocycles. The number of allylic oxidation sites excluding steroid dienone is 1. The highest BCUT2D eigenvalue weighted by Crippen LogP contribution is 2.24. The van der Waals surface area contributed by atoms with Crippen LogP contribution < -0.4 is 0 Å². The highest BCUT2D eigenvalue weighted by Gasteiger charge is 2.13. The molecule has 2 heteroatoms. The molecule has 1 rings (SSSR count). The molecule has 90 valence electrons. The normalized spacial score (nSPS) is 12.1. The van der Waals surface area contributed by atoms with Gasteiger partial charge in [-0.2, -0.15) is 5.26 Å². The highest BCUT2D eigenvalue weighted by molar-refractivity contribution is 5.76. The number of benzene rings is 1. The van der Waals surface area contributed by atoms with E-state index in [1.807, 2.05) is 37.3 Å². The van der Waals surface area contributed by atoms with Gasteiger partial charge in [0.15, 0.2) is 0 Å². The molecule has 0 aromatic heterocycles. The Bertz CT molecular complexity index is 439. The van der Waals surface area contributed by atoms with E-state index in [0.29, 0.717) is 5.57 Å². The second kappa shape index (κ2) is 5.05. The molecule has 2 nitrogen and oxygen atoms in total. The Morgan fingerprint density at radius 3 is 2.06 bits per heavy atom. The third-order valence-electron chi connectivity index (χ3n) is 2.57. The van der Waals surface area contributed by atoms with Crippen molar-refractivity contribution in [2.24, 2.45) is 0 Å². The van der Waals surface area contributed by atoms with Crippen LogP contribution >= 0.6 is 0 Å². The van der Waals surface area contributed by atoms with E-state index in [-0.39, 0.29) is 5.41 Å². The van der Waals surface area contributed by atoms with Gasteiger partial charge in [0.25, 0.3) is 0 Å². The minimum absolute atomic E-state index is 0.149. The number of rotatable bonds is 2. The summed E-state index contributed by atoms with van der Waals surface area (Å²) in [5.41, 5.74) is 3.09. The Morgan fingerprint density at radius 2 is 1.71 bits per heavy atom. The van der Waals surface area contributed by atoms with Gasteiger partial charge in [-0.25, -0.2) is 0 Å². The minimum Gasteiger partial charge on any atom is -0.382 e. The van der Waals surface area contributed by atoms with Gasteiger partial charge in [0, 0.05) is 20.3 Å². The molecule has 0 N–H and O–H groups in total. The molecule has 0 aliphatic heterocycles. The molecule has 0 saturated heterocycles. The lowest BCUT2D eigenvalue weighted by Crippen LogP contribution is -2.10. The van der Waals surface area contributed by atoms with Crippen molar-refractivity contribution in [1.82, 2.24) is 4.90 Å². The molecular weight excluding hydrogens is 208 g/mol. The summed E-state index contributed by atoms with van der Waals surface area (Å²) < 4.78 is 0. The lowest BCUT2D eigenvalue weighted by molar-refractivity contribution is 0.566. The van der Waals surface area contributed by atoms with Crippen molar-refractivity contribution in [2.75, 3.05) is 14.1 Å². The fourth-order valence-corrected chi connectivity index (χ4v) is 1.58. The van der Waals surface area contributed by atoms with Crippen LogP contribution in [-0.2, 0) is 5.41 Å². The van der Waals surface area contributed by atoms with Crippen molar-refractivity contribution in [2.45, 2.75) is 26.2 Å². The zero-order chi connectivity index (χ0) is 13.1. The van der Waals surface area contributed by atoms with E-state index in [1.54, 1.807) is 0 Å². The maximum Gasteiger partial charge on any atom is 0.101 e. The summed E-state index contributed by atoms with van der Waals surface area (Å²) in [6.45, 7) is 6.55. The van der Waals surface area contributed by atoms with Gasteiger partial charge in [-0.3, -0.25) is 0 Å². The van der Waals surface area contributed by atoms with Gasteiger partial charge in [-0.15, -0.1) is 0 Å². The Kier molecular flexibility index (Phi) is 3.96. The first kappa shape index (κ1) is 13.3. The van der Waals surface area contributed by atoms with Crippen LogP contribution in [0.5, 0.6) is 0 Å². The van der Waals surface area contributed by atoms with Crippen LogP contribution in [0.4, 0.5) is 0 Å². The predicted octanol–water partition coefficient (Wildman–Crippen LogP) is 3.41. The van der Waals surface area contributed by atoms with Crippen molar-refractivity contribution < 1.29 is 0 Å².